The molecule has 4 rings (SSSR count). The molecule has 1 fully saturated rings. The van der Waals surface area contributed by atoms with Gasteiger partial charge in [-0.05, 0) is 51.2 Å². The maximum atomic E-state index is 13.6. The van der Waals surface area contributed by atoms with E-state index in [-0.39, 0.29) is 40.3 Å². The number of aliphatic hydroxyl groups excluding tert-OH is 1. The first-order valence-electron chi connectivity index (χ1n) is 11.9. The number of fused-ring (bicyclic) bond motifs is 2. The van der Waals surface area contributed by atoms with E-state index in [2.05, 4.69) is 15.5 Å². The van der Waals surface area contributed by atoms with Crippen molar-refractivity contribution in [1.82, 2.24) is 20.4 Å². The Kier molecular flexibility index (Phi) is 7.25. The number of rotatable bonds is 8. The molecule has 1 aliphatic heterocycles. The lowest BCUT2D eigenvalue weighted by molar-refractivity contribution is 0.0764. The van der Waals surface area contributed by atoms with Gasteiger partial charge in [0.25, 0.3) is 0 Å². The highest BCUT2D eigenvalue weighted by Crippen LogP contribution is 2.44. The smallest absolute Gasteiger partial charge is 0.177 e. The van der Waals surface area contributed by atoms with Gasteiger partial charge in [0.15, 0.2) is 11.6 Å². The van der Waals surface area contributed by atoms with E-state index in [1.807, 2.05) is 31.1 Å². The third kappa shape index (κ3) is 4.82. The molecular formula is C25H34N4O5. The number of phenols is 2. The third-order valence-electron chi connectivity index (χ3n) is 6.87. The first-order valence-corrected chi connectivity index (χ1v) is 11.9. The van der Waals surface area contributed by atoms with E-state index in [0.717, 1.165) is 39.0 Å². The molecule has 1 aromatic carbocycles. The molecular weight excluding hydrogens is 436 g/mol. The molecule has 9 nitrogen and oxygen atoms in total. The minimum Gasteiger partial charge on any atom is -0.507 e. The minimum absolute atomic E-state index is 0.111. The van der Waals surface area contributed by atoms with Crippen molar-refractivity contribution in [3.05, 3.63) is 46.8 Å². The second kappa shape index (κ2) is 10.2. The van der Waals surface area contributed by atoms with Crippen LogP contribution in [0.2, 0.25) is 0 Å². The average molecular weight is 471 g/mol. The van der Waals surface area contributed by atoms with Crippen LogP contribution in [0.1, 0.15) is 33.6 Å². The van der Waals surface area contributed by atoms with Gasteiger partial charge < -0.3 is 35.8 Å². The number of aromatic hydroxyl groups is 2. The fourth-order valence-corrected chi connectivity index (χ4v) is 4.98. The number of benzene rings is 1. The molecule has 0 amide bonds. The number of likely N-dealkylation sites (tertiary alicyclic amines) is 1. The number of likely N-dealkylation sites (N-methyl/N-ethyl adjacent to an activating group) is 1. The molecule has 184 valence electrons. The van der Waals surface area contributed by atoms with E-state index in [1.54, 1.807) is 0 Å². The second-order valence-electron chi connectivity index (χ2n) is 9.51. The Bertz CT molecular complexity index is 1010. The maximum absolute atomic E-state index is 13.6. The fourth-order valence-electron chi connectivity index (χ4n) is 4.98. The molecule has 2 atom stereocenters. The van der Waals surface area contributed by atoms with Gasteiger partial charge in [-0.3, -0.25) is 9.59 Å². The van der Waals surface area contributed by atoms with E-state index < -0.39 is 11.8 Å². The van der Waals surface area contributed by atoms with Crippen LogP contribution in [0.25, 0.3) is 0 Å². The largest absolute Gasteiger partial charge is 0.507 e. The number of nitrogens with zero attached hydrogens (tertiary/aromatic N) is 2. The Balaban J connectivity index is 1.59. The van der Waals surface area contributed by atoms with Gasteiger partial charge in [0, 0.05) is 50.7 Å². The number of phenolic OH excluding ortho intramolecular Hbond substituents is 2. The number of hydrogen-bond acceptors (Lipinski definition) is 9. The zero-order valence-corrected chi connectivity index (χ0v) is 19.8. The molecule has 1 aromatic rings. The van der Waals surface area contributed by atoms with Crippen molar-refractivity contribution >= 4 is 11.6 Å². The molecule has 34 heavy (non-hydrogen) atoms. The topological polar surface area (TPSA) is 125 Å². The van der Waals surface area contributed by atoms with Crippen molar-refractivity contribution in [2.24, 2.45) is 11.8 Å². The average Bonchev–Trinajstić information content (AvgIpc) is 2.80. The van der Waals surface area contributed by atoms with Crippen LogP contribution in [-0.2, 0) is 0 Å². The summed E-state index contributed by atoms with van der Waals surface area (Å²) in [5.74, 6) is -2.96. The highest BCUT2D eigenvalue weighted by atomic mass is 16.3. The van der Waals surface area contributed by atoms with E-state index >= 15 is 0 Å². The number of allylic oxidation sites excluding steroid dienone is 4. The summed E-state index contributed by atoms with van der Waals surface area (Å²) in [7, 11) is 3.91. The van der Waals surface area contributed by atoms with Crippen LogP contribution >= 0.6 is 0 Å². The Hall–Kier alpha value is -2.88. The van der Waals surface area contributed by atoms with E-state index in [0.29, 0.717) is 24.5 Å². The van der Waals surface area contributed by atoms with Crippen molar-refractivity contribution in [3.63, 3.8) is 0 Å². The van der Waals surface area contributed by atoms with Gasteiger partial charge in [-0.25, -0.2) is 0 Å². The van der Waals surface area contributed by atoms with E-state index in [4.69, 9.17) is 0 Å². The van der Waals surface area contributed by atoms with Gasteiger partial charge >= 0.3 is 0 Å². The number of aliphatic hydroxyl groups is 1. The predicted octanol–water partition coefficient (Wildman–Crippen LogP) is 0.688. The molecule has 0 aromatic heterocycles. The summed E-state index contributed by atoms with van der Waals surface area (Å²) in [5, 5.41) is 37.1. The molecule has 0 bridgehead atoms. The van der Waals surface area contributed by atoms with Gasteiger partial charge in [-0.15, -0.1) is 0 Å². The molecule has 9 heteroatoms. The summed E-state index contributed by atoms with van der Waals surface area (Å²) in [5.41, 5.74) is 1.04. The van der Waals surface area contributed by atoms with Gasteiger partial charge in [-0.2, -0.15) is 0 Å². The lowest BCUT2D eigenvalue weighted by Crippen LogP contribution is -2.47. The number of carbonyl (C=O) groups is 2. The monoisotopic (exact) mass is 470 g/mol. The van der Waals surface area contributed by atoms with Crippen molar-refractivity contribution in [2.45, 2.75) is 18.9 Å². The van der Waals surface area contributed by atoms with E-state index in [1.165, 1.54) is 12.1 Å². The summed E-state index contributed by atoms with van der Waals surface area (Å²) in [6.07, 6.45) is 4.93. The molecule has 0 spiro atoms. The number of piperidine rings is 1. The molecule has 0 radical (unpaired) electrons. The molecule has 2 aliphatic carbocycles. The molecule has 0 saturated carbocycles. The molecule has 5 N–H and O–H groups in total. The molecule has 3 aliphatic rings. The Morgan fingerprint density at radius 2 is 1.41 bits per heavy atom. The van der Waals surface area contributed by atoms with Crippen LogP contribution in [0.5, 0.6) is 11.5 Å². The third-order valence-corrected chi connectivity index (χ3v) is 6.87. The first-order chi connectivity index (χ1) is 16.3. The van der Waals surface area contributed by atoms with Crippen molar-refractivity contribution in [2.75, 3.05) is 53.4 Å². The summed E-state index contributed by atoms with van der Waals surface area (Å²) in [6, 6.07) is 2.49. The lowest BCUT2D eigenvalue weighted by atomic mass is 9.68. The number of hydrogen-bond donors (Lipinski definition) is 5. The Morgan fingerprint density at radius 3 is 1.91 bits per heavy atom. The predicted molar refractivity (Wildman–Crippen MR) is 128 cm³/mol. The van der Waals surface area contributed by atoms with Crippen LogP contribution < -0.4 is 10.6 Å². The minimum atomic E-state index is -0.803. The zero-order valence-electron chi connectivity index (χ0n) is 19.8. The van der Waals surface area contributed by atoms with Crippen LogP contribution in [0, 0.1) is 11.8 Å². The van der Waals surface area contributed by atoms with Crippen molar-refractivity contribution in [1.29, 1.82) is 0 Å². The van der Waals surface area contributed by atoms with Gasteiger partial charge in [-0.1, -0.05) is 0 Å². The lowest BCUT2D eigenvalue weighted by Gasteiger charge is -2.37. The summed E-state index contributed by atoms with van der Waals surface area (Å²) >= 11 is 0. The van der Waals surface area contributed by atoms with Crippen molar-refractivity contribution < 1.29 is 24.9 Å². The first kappa shape index (κ1) is 24.3. The molecule has 1 saturated heterocycles. The molecule has 2 unspecified atom stereocenters. The van der Waals surface area contributed by atoms with Gasteiger partial charge in [0.05, 0.1) is 29.1 Å². The number of carbonyl (C=O) groups excluding carboxylic acids is 2. The summed E-state index contributed by atoms with van der Waals surface area (Å²) in [6.45, 7) is 4.34. The van der Waals surface area contributed by atoms with Crippen molar-refractivity contribution in [3.8, 4) is 11.5 Å². The van der Waals surface area contributed by atoms with E-state index in [9.17, 15) is 24.9 Å². The highest BCUT2D eigenvalue weighted by Gasteiger charge is 2.48. The second-order valence-corrected chi connectivity index (χ2v) is 9.51. The number of ketones is 2. The Morgan fingerprint density at radius 1 is 0.912 bits per heavy atom. The van der Waals surface area contributed by atoms with Gasteiger partial charge in [0.2, 0.25) is 0 Å². The standard InChI is InChI=1S/C25H34N4O5/c1-28(2)13-9-26-16-3-4-17(27-10-14-29-11-7-15(30)8-12-29)21-20(16)24(33)22-18(31)5-6-19(32)23(22)25(21)34/h3-6,15,20-21,26-27,30-32H,7-14H2,1-2H3. The SMILES string of the molecule is CN(C)CCNC1=CC=C(NCCN2CCC(O)CC2)C2C(=O)c3c(O)ccc(O)c3C(=O)C12. The highest BCUT2D eigenvalue weighted by molar-refractivity contribution is 6.20. The molecule has 1 heterocycles. The van der Waals surface area contributed by atoms with Gasteiger partial charge in [0.1, 0.15) is 11.5 Å². The number of nitrogens with one attached hydrogen (secondary N) is 2. The quantitative estimate of drug-likeness (QED) is 0.349. The summed E-state index contributed by atoms with van der Waals surface area (Å²) < 4.78 is 0. The van der Waals surface area contributed by atoms with Crippen LogP contribution in [-0.4, -0.2) is 96.2 Å². The fraction of sp³-hybridized carbons (Fsp3) is 0.520. The number of Topliss-reactive ketones (excluding diaryl/α,β-unsaturated/α-hetero) is 2. The Labute approximate surface area is 199 Å². The normalized spacial score (nSPS) is 23.3. The van der Waals surface area contributed by atoms with Crippen LogP contribution in [0.4, 0.5) is 0 Å². The zero-order chi connectivity index (χ0) is 24.4. The maximum Gasteiger partial charge on any atom is 0.177 e. The van der Waals surface area contributed by atoms with Crippen LogP contribution in [0.15, 0.2) is 35.7 Å². The summed E-state index contributed by atoms with van der Waals surface area (Å²) in [4.78, 5) is 31.5. The van der Waals surface area contributed by atoms with Crippen LogP contribution in [0.3, 0.4) is 0 Å².